The van der Waals surface area contributed by atoms with E-state index >= 15 is 0 Å². The average Bonchev–Trinajstić information content (AvgIpc) is 3.44. The van der Waals surface area contributed by atoms with Gasteiger partial charge in [-0.3, -0.25) is 9.78 Å². The molecule has 5 rings (SSSR count). The first kappa shape index (κ1) is 32.5. The Bertz CT molecular complexity index is 1700. The first-order valence-electron chi connectivity index (χ1n) is 13.1. The van der Waals surface area contributed by atoms with Crippen molar-refractivity contribution in [1.82, 2.24) is 9.88 Å². The fourth-order valence-corrected chi connectivity index (χ4v) is 10.8. The van der Waals surface area contributed by atoms with Gasteiger partial charge < -0.3 is 10.0 Å². The van der Waals surface area contributed by atoms with Crippen molar-refractivity contribution in [3.05, 3.63) is 59.2 Å². The molecule has 0 bridgehead atoms. The van der Waals surface area contributed by atoms with Crippen molar-refractivity contribution >= 4 is 25.6 Å². The number of amides is 1. The molecule has 2 saturated heterocycles. The number of pyridine rings is 1. The van der Waals surface area contributed by atoms with Crippen molar-refractivity contribution in [2.45, 2.75) is 71.4 Å². The zero-order valence-electron chi connectivity index (χ0n) is 22.4. The standard InChI is InChI=1S/C26H24F8N2O6S2/c27-15-1-3-16(4-2-15)44(41,42)23-9-11-36(21(37)13-22(38)10-12-43(39,40)14-22)20(23)8-6-18-17(23)5-7-19(35-18)24(28,25(29,30)31)26(32,33)34/h1-5,7,20,38H,6,8-14H2. The number of fused-ring (bicyclic) bond motifs is 3. The molecule has 3 unspecified atom stereocenters. The zero-order chi connectivity index (χ0) is 32.7. The number of alkyl halides is 7. The van der Waals surface area contributed by atoms with Gasteiger partial charge in [0.25, 0.3) is 0 Å². The number of nitrogens with zero attached hydrogens (tertiary/aromatic N) is 2. The minimum absolute atomic E-state index is 0.112. The summed E-state index contributed by atoms with van der Waals surface area (Å²) in [6, 6.07) is 2.89. The number of sulfone groups is 2. The number of aliphatic hydroxyl groups is 1. The van der Waals surface area contributed by atoms with Crippen molar-refractivity contribution < 1.29 is 61.9 Å². The molecule has 2 aromatic rings. The molecule has 3 atom stereocenters. The second-order valence-electron chi connectivity index (χ2n) is 11.3. The quantitative estimate of drug-likeness (QED) is 0.379. The number of carbonyl (C=O) groups is 1. The lowest BCUT2D eigenvalue weighted by Gasteiger charge is -2.42. The lowest BCUT2D eigenvalue weighted by Crippen LogP contribution is -2.54. The molecular formula is C26H24F8N2O6S2. The summed E-state index contributed by atoms with van der Waals surface area (Å²) < 4.78 is 160. The summed E-state index contributed by atoms with van der Waals surface area (Å²) in [7, 11) is -8.37. The first-order chi connectivity index (χ1) is 20.1. The van der Waals surface area contributed by atoms with E-state index in [1.54, 1.807) is 0 Å². The van der Waals surface area contributed by atoms with Gasteiger partial charge in [0.2, 0.25) is 5.91 Å². The first-order valence-corrected chi connectivity index (χ1v) is 16.4. The largest absolute Gasteiger partial charge is 0.437 e. The number of hydrogen-bond acceptors (Lipinski definition) is 7. The Labute approximate surface area is 245 Å². The third kappa shape index (κ3) is 4.87. The maximum Gasteiger partial charge on any atom is 0.437 e. The summed E-state index contributed by atoms with van der Waals surface area (Å²) >= 11 is 0. The van der Waals surface area contributed by atoms with Crippen molar-refractivity contribution in [3.63, 3.8) is 0 Å². The maximum atomic E-state index is 14.9. The molecule has 242 valence electrons. The van der Waals surface area contributed by atoms with E-state index in [1.807, 2.05) is 0 Å². The molecule has 1 aliphatic carbocycles. The summed E-state index contributed by atoms with van der Waals surface area (Å²) in [6.07, 6.45) is -15.1. The second-order valence-corrected chi connectivity index (χ2v) is 15.7. The van der Waals surface area contributed by atoms with E-state index in [2.05, 4.69) is 4.98 Å². The summed E-state index contributed by atoms with van der Waals surface area (Å²) in [6.45, 7) is -0.313. The van der Waals surface area contributed by atoms with Gasteiger partial charge in [-0.15, -0.1) is 0 Å². The van der Waals surface area contributed by atoms with Crippen LogP contribution >= 0.6 is 0 Å². The molecule has 3 heterocycles. The van der Waals surface area contributed by atoms with Crippen LogP contribution < -0.4 is 0 Å². The minimum Gasteiger partial charge on any atom is -0.388 e. The highest BCUT2D eigenvalue weighted by atomic mass is 32.2. The van der Waals surface area contributed by atoms with Gasteiger partial charge in [-0.1, -0.05) is 6.07 Å². The number of aryl methyl sites for hydroxylation is 1. The van der Waals surface area contributed by atoms with E-state index in [9.17, 15) is 61.9 Å². The molecule has 0 spiro atoms. The fraction of sp³-hybridized carbons (Fsp3) is 0.538. The topological polar surface area (TPSA) is 122 Å². The Balaban J connectivity index is 1.64. The van der Waals surface area contributed by atoms with Gasteiger partial charge in [-0.25, -0.2) is 25.6 Å². The van der Waals surface area contributed by atoms with Crippen LogP contribution in [0, 0.1) is 5.82 Å². The normalized spacial score (nSPS) is 27.2. The van der Waals surface area contributed by atoms with Crippen LogP contribution in [-0.2, 0) is 41.3 Å². The van der Waals surface area contributed by atoms with Gasteiger partial charge in [0.05, 0.1) is 40.2 Å². The molecule has 18 heteroatoms. The van der Waals surface area contributed by atoms with Crippen LogP contribution in [0.1, 0.15) is 42.6 Å². The highest BCUT2D eigenvalue weighted by Gasteiger charge is 2.75. The Hall–Kier alpha value is -2.86. The molecular weight excluding hydrogens is 652 g/mol. The minimum atomic E-state index is -6.47. The molecule has 1 aromatic carbocycles. The van der Waals surface area contributed by atoms with Crippen LogP contribution in [0.15, 0.2) is 41.3 Å². The number of hydrogen-bond donors (Lipinski definition) is 1. The molecule has 0 saturated carbocycles. The predicted octanol–water partition coefficient (Wildman–Crippen LogP) is 3.67. The Morgan fingerprint density at radius 3 is 2.16 bits per heavy atom. The number of aromatic nitrogens is 1. The van der Waals surface area contributed by atoms with Crippen LogP contribution in [0.25, 0.3) is 0 Å². The van der Waals surface area contributed by atoms with E-state index in [-0.39, 0.29) is 36.8 Å². The van der Waals surface area contributed by atoms with Crippen molar-refractivity contribution in [3.8, 4) is 0 Å². The average molecular weight is 677 g/mol. The number of carbonyl (C=O) groups excluding carboxylic acids is 1. The van der Waals surface area contributed by atoms with E-state index < -0.39 is 107 Å². The van der Waals surface area contributed by atoms with Gasteiger partial charge >= 0.3 is 18.0 Å². The van der Waals surface area contributed by atoms with Gasteiger partial charge in [0.1, 0.15) is 10.6 Å². The SMILES string of the molecule is O=C(CC1(O)CCS(=O)(=O)C1)N1CCC2(S(=O)(=O)c3ccc(F)cc3)c3ccc(C(F)(C(F)(F)F)C(F)(F)F)nc3CCC12. The van der Waals surface area contributed by atoms with Gasteiger partial charge in [0, 0.05) is 12.2 Å². The van der Waals surface area contributed by atoms with E-state index in [4.69, 9.17) is 0 Å². The zero-order valence-corrected chi connectivity index (χ0v) is 24.1. The van der Waals surface area contributed by atoms with E-state index in [0.29, 0.717) is 6.07 Å². The molecule has 3 aliphatic rings. The molecule has 1 N–H and O–H groups in total. The van der Waals surface area contributed by atoms with E-state index in [1.165, 1.54) is 0 Å². The fourth-order valence-electron chi connectivity index (χ4n) is 6.56. The van der Waals surface area contributed by atoms with Crippen LogP contribution in [0.3, 0.4) is 0 Å². The van der Waals surface area contributed by atoms with Crippen molar-refractivity contribution in [2.24, 2.45) is 0 Å². The highest BCUT2D eigenvalue weighted by Crippen LogP contribution is 2.56. The predicted molar refractivity (Wildman–Crippen MR) is 136 cm³/mol. The summed E-state index contributed by atoms with van der Waals surface area (Å²) in [5, 5.41) is 10.8. The third-order valence-corrected chi connectivity index (χ3v) is 13.0. The number of benzene rings is 1. The van der Waals surface area contributed by atoms with Crippen molar-refractivity contribution in [2.75, 3.05) is 18.1 Å². The number of rotatable bonds is 5. The maximum absolute atomic E-state index is 14.9. The van der Waals surface area contributed by atoms with Crippen LogP contribution in [-0.4, -0.2) is 79.8 Å². The monoisotopic (exact) mass is 676 g/mol. The Morgan fingerprint density at radius 2 is 1.61 bits per heavy atom. The molecule has 1 amide bonds. The Kier molecular flexibility index (Phi) is 7.45. The van der Waals surface area contributed by atoms with Crippen LogP contribution in [0.5, 0.6) is 0 Å². The molecule has 1 aromatic heterocycles. The summed E-state index contributed by atoms with van der Waals surface area (Å²) in [4.78, 5) is 17.4. The lowest BCUT2D eigenvalue weighted by atomic mass is 9.80. The molecule has 2 fully saturated rings. The third-order valence-electron chi connectivity index (χ3n) is 8.63. The number of halogens is 8. The summed E-state index contributed by atoms with van der Waals surface area (Å²) in [5.41, 5.74) is -10.8. The smallest absolute Gasteiger partial charge is 0.388 e. The lowest BCUT2D eigenvalue weighted by molar-refractivity contribution is -0.350. The van der Waals surface area contributed by atoms with Crippen LogP contribution in [0.2, 0.25) is 0 Å². The van der Waals surface area contributed by atoms with Gasteiger partial charge in [0.15, 0.2) is 19.7 Å². The molecule has 44 heavy (non-hydrogen) atoms. The molecule has 0 radical (unpaired) electrons. The Morgan fingerprint density at radius 1 is 1.00 bits per heavy atom. The summed E-state index contributed by atoms with van der Waals surface area (Å²) in [5.74, 6) is -2.72. The number of likely N-dealkylation sites (tertiary alicyclic amines) is 1. The van der Waals surface area contributed by atoms with Crippen LogP contribution in [0.4, 0.5) is 35.1 Å². The van der Waals surface area contributed by atoms with E-state index in [0.717, 1.165) is 29.2 Å². The van der Waals surface area contributed by atoms with Gasteiger partial charge in [-0.2, -0.15) is 26.3 Å². The highest BCUT2D eigenvalue weighted by molar-refractivity contribution is 7.92. The van der Waals surface area contributed by atoms with Crippen molar-refractivity contribution in [1.29, 1.82) is 0 Å². The van der Waals surface area contributed by atoms with Gasteiger partial charge in [-0.05, 0) is 61.6 Å². The molecule has 2 aliphatic heterocycles. The molecule has 8 nitrogen and oxygen atoms in total. The second kappa shape index (κ2) is 10.1.